The Bertz CT molecular complexity index is 561. The SMILES string of the molecule is CC1CCCC(NC(=O)c2cc(F)c(F)c(F)c2F)C1C. The molecule has 2 nitrogen and oxygen atoms in total. The standard InChI is InChI=1S/C15H17F4NO/c1-7-4-3-5-11(8(7)2)20-15(21)9-6-10(16)13(18)14(19)12(9)17/h6-8,11H,3-5H2,1-2H3,(H,20,21). The predicted molar refractivity (Wildman–Crippen MR) is 69.7 cm³/mol. The van der Waals surface area contributed by atoms with Gasteiger partial charge in [0.2, 0.25) is 0 Å². The normalized spacial score (nSPS) is 25.7. The van der Waals surface area contributed by atoms with Crippen LogP contribution < -0.4 is 5.32 Å². The van der Waals surface area contributed by atoms with E-state index in [0.29, 0.717) is 12.0 Å². The van der Waals surface area contributed by atoms with Crippen LogP contribution in [0.3, 0.4) is 0 Å². The van der Waals surface area contributed by atoms with Crippen molar-refractivity contribution in [1.82, 2.24) is 5.32 Å². The monoisotopic (exact) mass is 303 g/mol. The molecule has 1 N–H and O–H groups in total. The van der Waals surface area contributed by atoms with Crippen molar-refractivity contribution in [1.29, 1.82) is 0 Å². The van der Waals surface area contributed by atoms with Gasteiger partial charge in [0.15, 0.2) is 23.3 Å². The van der Waals surface area contributed by atoms with E-state index in [1.165, 1.54) is 0 Å². The molecule has 0 saturated heterocycles. The van der Waals surface area contributed by atoms with Crippen molar-refractivity contribution in [3.05, 3.63) is 34.9 Å². The molecule has 1 aliphatic rings. The number of amides is 1. The zero-order chi connectivity index (χ0) is 15.7. The molecule has 1 aromatic rings. The number of hydrogen-bond donors (Lipinski definition) is 1. The first-order valence-electron chi connectivity index (χ1n) is 6.96. The van der Waals surface area contributed by atoms with Crippen LogP contribution in [0.2, 0.25) is 0 Å². The molecule has 1 fully saturated rings. The first-order valence-corrected chi connectivity index (χ1v) is 6.96. The van der Waals surface area contributed by atoms with E-state index < -0.39 is 34.7 Å². The molecule has 0 aliphatic heterocycles. The van der Waals surface area contributed by atoms with Crippen molar-refractivity contribution in [2.24, 2.45) is 11.8 Å². The number of halogens is 4. The second-order valence-corrected chi connectivity index (χ2v) is 5.70. The van der Waals surface area contributed by atoms with Crippen molar-refractivity contribution in [3.8, 4) is 0 Å². The zero-order valence-electron chi connectivity index (χ0n) is 11.9. The van der Waals surface area contributed by atoms with Crippen LogP contribution in [-0.2, 0) is 0 Å². The fourth-order valence-electron chi connectivity index (χ4n) is 2.77. The van der Waals surface area contributed by atoms with E-state index in [-0.39, 0.29) is 12.0 Å². The van der Waals surface area contributed by atoms with Crippen molar-refractivity contribution < 1.29 is 22.4 Å². The quantitative estimate of drug-likeness (QED) is 0.502. The third-order valence-corrected chi connectivity index (χ3v) is 4.37. The number of carbonyl (C=O) groups is 1. The summed E-state index contributed by atoms with van der Waals surface area (Å²) in [4.78, 5) is 12.0. The van der Waals surface area contributed by atoms with Gasteiger partial charge in [-0.3, -0.25) is 4.79 Å². The summed E-state index contributed by atoms with van der Waals surface area (Å²) in [6.07, 6.45) is 2.69. The highest BCUT2D eigenvalue weighted by Gasteiger charge is 2.30. The molecular weight excluding hydrogens is 286 g/mol. The van der Waals surface area contributed by atoms with Crippen LogP contribution in [0.25, 0.3) is 0 Å². The van der Waals surface area contributed by atoms with Gasteiger partial charge in [-0.15, -0.1) is 0 Å². The summed E-state index contributed by atoms with van der Waals surface area (Å²) in [6.45, 7) is 4.03. The second-order valence-electron chi connectivity index (χ2n) is 5.70. The summed E-state index contributed by atoms with van der Waals surface area (Å²) in [5.41, 5.74) is -0.808. The average molecular weight is 303 g/mol. The molecular formula is C15H17F4NO. The van der Waals surface area contributed by atoms with Crippen molar-refractivity contribution in [3.63, 3.8) is 0 Å². The molecule has 0 radical (unpaired) electrons. The van der Waals surface area contributed by atoms with E-state index in [1.807, 2.05) is 6.92 Å². The number of carbonyl (C=O) groups excluding carboxylic acids is 1. The zero-order valence-corrected chi connectivity index (χ0v) is 11.9. The van der Waals surface area contributed by atoms with Gasteiger partial charge >= 0.3 is 0 Å². The lowest BCUT2D eigenvalue weighted by molar-refractivity contribution is 0.0885. The fourth-order valence-corrected chi connectivity index (χ4v) is 2.77. The Morgan fingerprint density at radius 2 is 1.76 bits per heavy atom. The number of rotatable bonds is 2. The minimum atomic E-state index is -1.97. The Labute approximate surface area is 120 Å². The summed E-state index contributed by atoms with van der Waals surface area (Å²) in [7, 11) is 0. The van der Waals surface area contributed by atoms with Gasteiger partial charge in [0.1, 0.15) is 0 Å². The van der Waals surface area contributed by atoms with Crippen molar-refractivity contribution in [2.75, 3.05) is 0 Å². The third kappa shape index (κ3) is 3.04. The molecule has 2 rings (SSSR count). The summed E-state index contributed by atoms with van der Waals surface area (Å²) >= 11 is 0. The van der Waals surface area contributed by atoms with E-state index in [4.69, 9.17) is 0 Å². The van der Waals surface area contributed by atoms with Gasteiger partial charge in [0.25, 0.3) is 5.91 Å². The highest BCUT2D eigenvalue weighted by molar-refractivity contribution is 5.94. The molecule has 1 saturated carbocycles. The highest BCUT2D eigenvalue weighted by atomic mass is 19.2. The molecule has 6 heteroatoms. The fraction of sp³-hybridized carbons (Fsp3) is 0.533. The molecule has 1 amide bonds. The molecule has 21 heavy (non-hydrogen) atoms. The van der Waals surface area contributed by atoms with Crippen LogP contribution >= 0.6 is 0 Å². The lowest BCUT2D eigenvalue weighted by atomic mass is 9.78. The molecule has 3 atom stereocenters. The lowest BCUT2D eigenvalue weighted by Crippen LogP contribution is -2.44. The van der Waals surface area contributed by atoms with Gasteiger partial charge in [-0.1, -0.05) is 26.7 Å². The van der Waals surface area contributed by atoms with Gasteiger partial charge in [-0.2, -0.15) is 0 Å². The van der Waals surface area contributed by atoms with Crippen LogP contribution in [0, 0.1) is 35.1 Å². The molecule has 1 aliphatic carbocycles. The van der Waals surface area contributed by atoms with Crippen LogP contribution in [0.5, 0.6) is 0 Å². The van der Waals surface area contributed by atoms with Crippen LogP contribution in [0.1, 0.15) is 43.5 Å². The molecule has 0 heterocycles. The van der Waals surface area contributed by atoms with E-state index in [0.717, 1.165) is 19.3 Å². The Kier molecular flexibility index (Phi) is 4.54. The topological polar surface area (TPSA) is 29.1 Å². The van der Waals surface area contributed by atoms with Gasteiger partial charge in [0.05, 0.1) is 5.56 Å². The maximum atomic E-state index is 13.6. The molecule has 116 valence electrons. The predicted octanol–water partition coefficient (Wildman–Crippen LogP) is 3.80. The van der Waals surface area contributed by atoms with E-state index in [1.54, 1.807) is 0 Å². The maximum Gasteiger partial charge on any atom is 0.254 e. The first kappa shape index (κ1) is 15.8. The lowest BCUT2D eigenvalue weighted by Gasteiger charge is -2.34. The van der Waals surface area contributed by atoms with E-state index in [9.17, 15) is 22.4 Å². The summed E-state index contributed by atoms with van der Waals surface area (Å²) in [5.74, 6) is -7.46. The largest absolute Gasteiger partial charge is 0.349 e. The van der Waals surface area contributed by atoms with Crippen LogP contribution in [0.15, 0.2) is 6.07 Å². The van der Waals surface area contributed by atoms with Gasteiger partial charge in [-0.05, 0) is 24.3 Å². The van der Waals surface area contributed by atoms with Gasteiger partial charge in [0, 0.05) is 6.04 Å². The molecule has 0 spiro atoms. The van der Waals surface area contributed by atoms with E-state index >= 15 is 0 Å². The summed E-state index contributed by atoms with van der Waals surface area (Å²) < 4.78 is 52.8. The Morgan fingerprint density at radius 3 is 2.43 bits per heavy atom. The van der Waals surface area contributed by atoms with Gasteiger partial charge in [-0.25, -0.2) is 17.6 Å². The minimum absolute atomic E-state index is 0.181. The smallest absolute Gasteiger partial charge is 0.254 e. The molecule has 3 unspecified atom stereocenters. The first-order chi connectivity index (χ1) is 9.82. The Morgan fingerprint density at radius 1 is 1.10 bits per heavy atom. The summed E-state index contributed by atoms with van der Waals surface area (Å²) in [6, 6.07) is 0.205. The molecule has 0 bridgehead atoms. The van der Waals surface area contributed by atoms with E-state index in [2.05, 4.69) is 12.2 Å². The number of benzene rings is 1. The number of nitrogens with one attached hydrogen (secondary N) is 1. The van der Waals surface area contributed by atoms with Crippen LogP contribution in [-0.4, -0.2) is 11.9 Å². The van der Waals surface area contributed by atoms with Crippen molar-refractivity contribution >= 4 is 5.91 Å². The number of hydrogen-bond acceptors (Lipinski definition) is 1. The van der Waals surface area contributed by atoms with Crippen LogP contribution in [0.4, 0.5) is 17.6 Å². The van der Waals surface area contributed by atoms with Gasteiger partial charge < -0.3 is 5.32 Å². The molecule has 0 aromatic heterocycles. The maximum absolute atomic E-state index is 13.6. The third-order valence-electron chi connectivity index (χ3n) is 4.37. The average Bonchev–Trinajstić information content (AvgIpc) is 2.45. The second kappa shape index (κ2) is 6.03. The minimum Gasteiger partial charge on any atom is -0.349 e. The highest BCUT2D eigenvalue weighted by Crippen LogP contribution is 2.30. The molecule has 1 aromatic carbocycles. The summed E-state index contributed by atoms with van der Waals surface area (Å²) in [5, 5.41) is 2.60. The van der Waals surface area contributed by atoms with Crippen molar-refractivity contribution in [2.45, 2.75) is 39.2 Å². The Balaban J connectivity index is 2.21. The Hall–Kier alpha value is -1.59.